The first-order valence-electron chi connectivity index (χ1n) is 5.96. The Bertz CT molecular complexity index is 517. The molecule has 0 saturated carbocycles. The summed E-state index contributed by atoms with van der Waals surface area (Å²) in [5.74, 6) is -0.624. The zero-order valence-corrected chi connectivity index (χ0v) is 11.1. The molecule has 1 aromatic carbocycles. The first-order valence-corrected chi connectivity index (χ1v) is 5.96. The van der Waals surface area contributed by atoms with Crippen LogP contribution in [0.15, 0.2) is 24.3 Å². The van der Waals surface area contributed by atoms with Gasteiger partial charge in [0.05, 0.1) is 11.6 Å². The number of halogens is 3. The second kappa shape index (κ2) is 6.93. The van der Waals surface area contributed by atoms with Crippen molar-refractivity contribution in [1.82, 2.24) is 16.2 Å². The molecule has 1 rings (SSSR count). The van der Waals surface area contributed by atoms with Crippen molar-refractivity contribution in [2.75, 3.05) is 0 Å². The highest BCUT2D eigenvalue weighted by atomic mass is 19.4. The molecule has 9 heteroatoms. The van der Waals surface area contributed by atoms with Crippen molar-refractivity contribution in [2.24, 2.45) is 5.73 Å². The van der Waals surface area contributed by atoms with Gasteiger partial charge in [-0.05, 0) is 18.6 Å². The van der Waals surface area contributed by atoms with E-state index in [2.05, 4.69) is 5.32 Å². The van der Waals surface area contributed by atoms with E-state index in [0.29, 0.717) is 0 Å². The minimum absolute atomic E-state index is 0.0846. The summed E-state index contributed by atoms with van der Waals surface area (Å²) in [7, 11) is 0. The van der Waals surface area contributed by atoms with Crippen LogP contribution in [0.3, 0.4) is 0 Å². The number of hydrazine groups is 1. The number of nitrogens with two attached hydrogens (primary N) is 1. The van der Waals surface area contributed by atoms with Gasteiger partial charge in [0.15, 0.2) is 0 Å². The normalized spacial score (nSPS) is 12.4. The number of benzene rings is 1. The molecule has 0 aromatic heterocycles. The van der Waals surface area contributed by atoms with Crippen LogP contribution in [-0.2, 0) is 17.5 Å². The van der Waals surface area contributed by atoms with Crippen molar-refractivity contribution >= 4 is 11.9 Å². The molecule has 5 N–H and O–H groups in total. The number of rotatable bonds is 3. The molecule has 0 aliphatic carbocycles. The lowest BCUT2D eigenvalue weighted by Crippen LogP contribution is -2.51. The van der Waals surface area contributed by atoms with E-state index >= 15 is 0 Å². The number of urea groups is 1. The Kier molecular flexibility index (Phi) is 5.53. The molecule has 0 aliphatic rings. The van der Waals surface area contributed by atoms with Gasteiger partial charge >= 0.3 is 12.2 Å². The predicted octanol–water partition coefficient (Wildman–Crippen LogP) is 0.883. The molecule has 1 aromatic rings. The molecule has 0 aliphatic heterocycles. The average Bonchev–Trinajstić information content (AvgIpc) is 2.41. The molecule has 0 heterocycles. The van der Waals surface area contributed by atoms with Crippen molar-refractivity contribution < 1.29 is 22.8 Å². The molecule has 0 saturated heterocycles. The Morgan fingerprint density at radius 1 is 1.24 bits per heavy atom. The summed E-state index contributed by atoms with van der Waals surface area (Å²) in [6, 6.07) is 3.20. The highest BCUT2D eigenvalue weighted by Gasteiger charge is 2.32. The topological polar surface area (TPSA) is 96.2 Å². The van der Waals surface area contributed by atoms with Gasteiger partial charge in [-0.1, -0.05) is 18.2 Å². The van der Waals surface area contributed by atoms with Gasteiger partial charge in [0.2, 0.25) is 0 Å². The second-order valence-electron chi connectivity index (χ2n) is 4.24. The van der Waals surface area contributed by atoms with Crippen LogP contribution in [0.1, 0.15) is 18.1 Å². The third-order valence-electron chi connectivity index (χ3n) is 2.47. The first kappa shape index (κ1) is 16.8. The lowest BCUT2D eigenvalue weighted by molar-refractivity contribution is -0.138. The SMILES string of the molecule is C[C@@H](N)C(=O)NNC(=O)NCc1ccccc1C(F)(F)F. The molecule has 21 heavy (non-hydrogen) atoms. The first-order chi connectivity index (χ1) is 9.71. The van der Waals surface area contributed by atoms with Gasteiger partial charge in [-0.25, -0.2) is 10.2 Å². The Balaban J connectivity index is 2.56. The van der Waals surface area contributed by atoms with Crippen molar-refractivity contribution in [3.63, 3.8) is 0 Å². The van der Waals surface area contributed by atoms with Gasteiger partial charge in [-0.2, -0.15) is 13.2 Å². The summed E-state index contributed by atoms with van der Waals surface area (Å²) in [5, 5.41) is 2.20. The summed E-state index contributed by atoms with van der Waals surface area (Å²) >= 11 is 0. The number of alkyl halides is 3. The monoisotopic (exact) mass is 304 g/mol. The fourth-order valence-electron chi connectivity index (χ4n) is 1.40. The summed E-state index contributed by atoms with van der Waals surface area (Å²) < 4.78 is 38.1. The van der Waals surface area contributed by atoms with Crippen LogP contribution in [-0.4, -0.2) is 18.0 Å². The van der Waals surface area contributed by atoms with E-state index in [1.807, 2.05) is 10.9 Å². The fraction of sp³-hybridized carbons (Fsp3) is 0.333. The van der Waals surface area contributed by atoms with Gasteiger partial charge < -0.3 is 11.1 Å². The van der Waals surface area contributed by atoms with E-state index < -0.39 is 29.7 Å². The maximum Gasteiger partial charge on any atom is 0.416 e. The lowest BCUT2D eigenvalue weighted by Gasteiger charge is -2.14. The largest absolute Gasteiger partial charge is 0.416 e. The molecule has 0 bridgehead atoms. The quantitative estimate of drug-likeness (QED) is 0.624. The molecular weight excluding hydrogens is 289 g/mol. The number of carbonyl (C=O) groups is 2. The van der Waals surface area contributed by atoms with Gasteiger partial charge in [0, 0.05) is 6.54 Å². The smallest absolute Gasteiger partial charge is 0.333 e. The van der Waals surface area contributed by atoms with Gasteiger partial charge in [-0.15, -0.1) is 0 Å². The molecule has 3 amide bonds. The highest BCUT2D eigenvalue weighted by molar-refractivity contribution is 5.84. The number of hydrogen-bond donors (Lipinski definition) is 4. The van der Waals surface area contributed by atoms with Crippen LogP contribution in [0.2, 0.25) is 0 Å². The van der Waals surface area contributed by atoms with E-state index in [-0.39, 0.29) is 12.1 Å². The Morgan fingerprint density at radius 2 is 1.86 bits per heavy atom. The minimum atomic E-state index is -4.50. The van der Waals surface area contributed by atoms with Crippen LogP contribution in [0.25, 0.3) is 0 Å². The summed E-state index contributed by atoms with van der Waals surface area (Å²) in [6.45, 7) is 1.07. The number of nitrogens with one attached hydrogen (secondary N) is 3. The van der Waals surface area contributed by atoms with E-state index in [9.17, 15) is 22.8 Å². The second-order valence-corrected chi connectivity index (χ2v) is 4.24. The van der Waals surface area contributed by atoms with E-state index in [4.69, 9.17) is 5.73 Å². The van der Waals surface area contributed by atoms with Gasteiger partial charge in [0.25, 0.3) is 5.91 Å². The number of carbonyl (C=O) groups excluding carboxylic acids is 2. The Labute approximate surface area is 118 Å². The van der Waals surface area contributed by atoms with Gasteiger partial charge in [0.1, 0.15) is 0 Å². The van der Waals surface area contributed by atoms with E-state index in [1.165, 1.54) is 25.1 Å². The minimum Gasteiger partial charge on any atom is -0.333 e. The molecule has 6 nitrogen and oxygen atoms in total. The zero-order chi connectivity index (χ0) is 16.0. The van der Waals surface area contributed by atoms with E-state index in [1.54, 1.807) is 0 Å². The van der Waals surface area contributed by atoms with Crippen LogP contribution in [0.4, 0.5) is 18.0 Å². The lowest BCUT2D eigenvalue weighted by atomic mass is 10.1. The summed E-state index contributed by atoms with van der Waals surface area (Å²) in [4.78, 5) is 22.4. The average molecular weight is 304 g/mol. The molecule has 116 valence electrons. The summed E-state index contributed by atoms with van der Waals surface area (Å²) in [6.07, 6.45) is -4.50. The molecule has 0 fully saturated rings. The van der Waals surface area contributed by atoms with Crippen molar-refractivity contribution in [1.29, 1.82) is 0 Å². The fourth-order valence-corrected chi connectivity index (χ4v) is 1.40. The predicted molar refractivity (Wildman–Crippen MR) is 68.6 cm³/mol. The molecule has 0 spiro atoms. The Hall–Kier alpha value is -2.29. The van der Waals surface area contributed by atoms with Crippen molar-refractivity contribution in [3.05, 3.63) is 35.4 Å². The maximum absolute atomic E-state index is 12.7. The number of amides is 3. The van der Waals surface area contributed by atoms with Crippen LogP contribution < -0.4 is 21.9 Å². The molecule has 1 atom stereocenters. The highest BCUT2D eigenvalue weighted by Crippen LogP contribution is 2.31. The molecular formula is C12H15F3N4O2. The Morgan fingerprint density at radius 3 is 2.43 bits per heavy atom. The van der Waals surface area contributed by atoms with Crippen molar-refractivity contribution in [3.8, 4) is 0 Å². The van der Waals surface area contributed by atoms with Crippen LogP contribution in [0, 0.1) is 0 Å². The van der Waals surface area contributed by atoms with Gasteiger partial charge in [-0.3, -0.25) is 10.2 Å². The molecule has 0 radical (unpaired) electrons. The summed E-state index contributed by atoms with van der Waals surface area (Å²) in [5.41, 5.74) is 8.33. The third kappa shape index (κ3) is 5.30. The number of hydrogen-bond acceptors (Lipinski definition) is 3. The maximum atomic E-state index is 12.7. The van der Waals surface area contributed by atoms with E-state index in [0.717, 1.165) is 6.07 Å². The molecule has 0 unspecified atom stereocenters. The standard InChI is InChI=1S/C12H15F3N4O2/c1-7(16)10(20)18-19-11(21)17-6-8-4-2-3-5-9(8)12(13,14)15/h2-5,7H,6,16H2,1H3,(H,18,20)(H2,17,19,21)/t7-/m1/s1. The van der Waals surface area contributed by atoms with Crippen LogP contribution >= 0.6 is 0 Å². The van der Waals surface area contributed by atoms with Crippen molar-refractivity contribution in [2.45, 2.75) is 25.7 Å². The third-order valence-corrected chi connectivity index (χ3v) is 2.47. The van der Waals surface area contributed by atoms with Crippen LogP contribution in [0.5, 0.6) is 0 Å². The zero-order valence-electron chi connectivity index (χ0n) is 11.1.